The maximum absolute atomic E-state index is 11.9. The lowest BCUT2D eigenvalue weighted by atomic mass is 10.2. The summed E-state index contributed by atoms with van der Waals surface area (Å²) in [6, 6.07) is 6.96. The third-order valence-electron chi connectivity index (χ3n) is 2.16. The molecule has 0 saturated carbocycles. The van der Waals surface area contributed by atoms with Crippen molar-refractivity contribution in [3.8, 4) is 12.3 Å². The van der Waals surface area contributed by atoms with Crippen LogP contribution in [0.2, 0.25) is 0 Å². The maximum atomic E-state index is 11.9. The van der Waals surface area contributed by atoms with Crippen LogP contribution in [0.4, 0.5) is 10.5 Å². The van der Waals surface area contributed by atoms with Crippen molar-refractivity contribution in [1.82, 2.24) is 5.01 Å². The number of hydrogen-bond donors (Lipinski definition) is 1. The average molecular weight is 274 g/mol. The number of ether oxygens (including phenoxy) is 1. The molecule has 1 N–H and O–H groups in total. The van der Waals surface area contributed by atoms with E-state index in [4.69, 9.17) is 11.2 Å². The Labute approximate surface area is 118 Å². The summed E-state index contributed by atoms with van der Waals surface area (Å²) in [6.45, 7) is 5.13. The van der Waals surface area contributed by atoms with Crippen molar-refractivity contribution in [1.29, 1.82) is 0 Å². The predicted octanol–water partition coefficient (Wildman–Crippen LogP) is 2.43. The van der Waals surface area contributed by atoms with Crippen LogP contribution in [0, 0.1) is 12.3 Å². The van der Waals surface area contributed by atoms with Crippen LogP contribution in [0.5, 0.6) is 0 Å². The zero-order valence-electron chi connectivity index (χ0n) is 11.8. The van der Waals surface area contributed by atoms with Gasteiger partial charge in [0.25, 0.3) is 0 Å². The van der Waals surface area contributed by atoms with Gasteiger partial charge in [0.15, 0.2) is 0 Å². The molecule has 0 aromatic heterocycles. The predicted molar refractivity (Wildman–Crippen MR) is 77.0 cm³/mol. The first-order valence-electron chi connectivity index (χ1n) is 6.13. The van der Waals surface area contributed by atoms with Crippen LogP contribution in [-0.4, -0.2) is 29.5 Å². The van der Waals surface area contributed by atoms with Gasteiger partial charge >= 0.3 is 6.09 Å². The average Bonchev–Trinajstić information content (AvgIpc) is 2.36. The number of hydrazine groups is 1. The minimum Gasteiger partial charge on any atom is -0.442 e. The van der Waals surface area contributed by atoms with Crippen molar-refractivity contribution in [3.63, 3.8) is 0 Å². The second-order valence-electron chi connectivity index (χ2n) is 5.09. The minimum atomic E-state index is -0.638. The molecular formula is C15H18N2O3. The van der Waals surface area contributed by atoms with Gasteiger partial charge in [-0.1, -0.05) is 12.0 Å². The Balaban J connectivity index is 2.83. The van der Waals surface area contributed by atoms with E-state index in [1.807, 2.05) is 0 Å². The van der Waals surface area contributed by atoms with Crippen LogP contribution in [0.1, 0.15) is 26.3 Å². The summed E-state index contributed by atoms with van der Waals surface area (Å²) in [6.07, 6.45) is 5.30. The molecule has 0 fully saturated rings. The number of nitrogens with one attached hydrogen (secondary N) is 1. The number of carbonyl (C=O) groups is 2. The zero-order chi connectivity index (χ0) is 15.2. The molecule has 5 heteroatoms. The minimum absolute atomic E-state index is 0.130. The lowest BCUT2D eigenvalue weighted by Crippen LogP contribution is -2.41. The third-order valence-corrected chi connectivity index (χ3v) is 2.16. The molecule has 0 radical (unpaired) electrons. The summed E-state index contributed by atoms with van der Waals surface area (Å²) in [7, 11) is 0. The van der Waals surface area contributed by atoms with Crippen LogP contribution in [0.15, 0.2) is 24.3 Å². The van der Waals surface area contributed by atoms with Gasteiger partial charge in [-0.15, -0.1) is 6.42 Å². The summed E-state index contributed by atoms with van der Waals surface area (Å²) in [5, 5.41) is 1.09. The molecule has 1 rings (SSSR count). The van der Waals surface area contributed by atoms with Crippen LogP contribution in [0.25, 0.3) is 0 Å². The van der Waals surface area contributed by atoms with E-state index in [-0.39, 0.29) is 6.54 Å². The molecule has 0 atom stereocenters. The highest BCUT2D eigenvalue weighted by atomic mass is 16.6. The molecule has 0 spiro atoms. The highest BCUT2D eigenvalue weighted by molar-refractivity contribution is 5.73. The Hall–Kier alpha value is -2.48. The van der Waals surface area contributed by atoms with Gasteiger partial charge in [-0.2, -0.15) is 0 Å². The quantitative estimate of drug-likeness (QED) is 0.520. The maximum Gasteiger partial charge on any atom is 0.429 e. The molecule has 20 heavy (non-hydrogen) atoms. The summed E-state index contributed by atoms with van der Waals surface area (Å²) in [5.74, 6) is 2.50. The van der Waals surface area contributed by atoms with E-state index in [9.17, 15) is 9.59 Å². The molecule has 1 aromatic carbocycles. The number of aldehydes is 1. The second kappa shape index (κ2) is 6.62. The topological polar surface area (TPSA) is 58.6 Å². The van der Waals surface area contributed by atoms with Gasteiger partial charge < -0.3 is 9.53 Å². The van der Waals surface area contributed by atoms with E-state index >= 15 is 0 Å². The molecule has 0 aliphatic heterocycles. The molecule has 106 valence electrons. The smallest absolute Gasteiger partial charge is 0.429 e. The van der Waals surface area contributed by atoms with Crippen molar-refractivity contribution >= 4 is 18.1 Å². The van der Waals surface area contributed by atoms with Gasteiger partial charge in [0.05, 0.1) is 5.69 Å². The first-order chi connectivity index (χ1) is 9.35. The van der Waals surface area contributed by atoms with Crippen LogP contribution in [-0.2, 0) is 9.53 Å². The largest absolute Gasteiger partial charge is 0.442 e. The van der Waals surface area contributed by atoms with Gasteiger partial charge in [0, 0.05) is 5.56 Å². The van der Waals surface area contributed by atoms with E-state index in [1.54, 1.807) is 45.0 Å². The van der Waals surface area contributed by atoms with Crippen molar-refractivity contribution < 1.29 is 14.3 Å². The molecular weight excluding hydrogens is 256 g/mol. The Morgan fingerprint density at radius 3 is 2.75 bits per heavy atom. The van der Waals surface area contributed by atoms with E-state index in [0.717, 1.165) is 5.01 Å². The molecule has 0 saturated heterocycles. The molecule has 1 aromatic rings. The number of hydrogen-bond acceptors (Lipinski definition) is 4. The summed E-state index contributed by atoms with van der Waals surface area (Å²) >= 11 is 0. The standard InChI is InChI=1S/C15H18N2O3/c1-5-12-7-6-8-13(11-12)16-17(9-10-18)14(19)20-15(2,3)4/h1,6-8,10-11,16H,9H2,2-4H3. The highest BCUT2D eigenvalue weighted by Crippen LogP contribution is 2.13. The van der Waals surface area contributed by atoms with E-state index in [1.165, 1.54) is 0 Å². The molecule has 0 aliphatic carbocycles. The van der Waals surface area contributed by atoms with Gasteiger partial charge in [0.1, 0.15) is 18.4 Å². The number of carbonyl (C=O) groups excluding carboxylic acids is 2. The van der Waals surface area contributed by atoms with Crippen molar-refractivity contribution in [2.24, 2.45) is 0 Å². The van der Waals surface area contributed by atoms with Gasteiger partial charge in [-0.3, -0.25) is 5.43 Å². The summed E-state index contributed by atoms with van der Waals surface area (Å²) in [4.78, 5) is 22.6. The summed E-state index contributed by atoms with van der Waals surface area (Å²) in [5.41, 5.74) is 3.45. The fourth-order valence-corrected chi connectivity index (χ4v) is 1.39. The number of benzene rings is 1. The fourth-order valence-electron chi connectivity index (χ4n) is 1.39. The van der Waals surface area contributed by atoms with Gasteiger partial charge in [-0.25, -0.2) is 9.80 Å². The Morgan fingerprint density at radius 1 is 1.50 bits per heavy atom. The normalized spacial score (nSPS) is 10.3. The molecule has 0 unspecified atom stereocenters. The van der Waals surface area contributed by atoms with Crippen molar-refractivity contribution in [2.75, 3.05) is 12.0 Å². The Kier molecular flexibility index (Phi) is 5.15. The second-order valence-corrected chi connectivity index (χ2v) is 5.09. The SMILES string of the molecule is C#Cc1cccc(NN(CC=O)C(=O)OC(C)(C)C)c1. The lowest BCUT2D eigenvalue weighted by Gasteiger charge is -2.27. The van der Waals surface area contributed by atoms with Crippen LogP contribution >= 0.6 is 0 Å². The lowest BCUT2D eigenvalue weighted by molar-refractivity contribution is -0.108. The monoisotopic (exact) mass is 274 g/mol. The molecule has 0 bridgehead atoms. The van der Waals surface area contributed by atoms with Crippen molar-refractivity contribution in [2.45, 2.75) is 26.4 Å². The third kappa shape index (κ3) is 5.02. The molecule has 5 nitrogen and oxygen atoms in total. The fraction of sp³-hybridized carbons (Fsp3) is 0.333. The van der Waals surface area contributed by atoms with Crippen LogP contribution < -0.4 is 5.43 Å². The molecule has 0 aliphatic rings. The van der Waals surface area contributed by atoms with E-state index in [2.05, 4.69) is 11.3 Å². The van der Waals surface area contributed by atoms with Gasteiger partial charge in [-0.05, 0) is 39.0 Å². The van der Waals surface area contributed by atoms with E-state index in [0.29, 0.717) is 17.5 Å². The molecule has 0 heterocycles. The van der Waals surface area contributed by atoms with Crippen molar-refractivity contribution in [3.05, 3.63) is 29.8 Å². The number of amides is 1. The zero-order valence-corrected chi connectivity index (χ0v) is 11.8. The first-order valence-corrected chi connectivity index (χ1v) is 6.13. The van der Waals surface area contributed by atoms with Gasteiger partial charge in [0.2, 0.25) is 0 Å². The Morgan fingerprint density at radius 2 is 2.20 bits per heavy atom. The number of rotatable bonds is 4. The number of terminal acetylenes is 1. The van der Waals surface area contributed by atoms with E-state index < -0.39 is 11.7 Å². The first kappa shape index (κ1) is 15.6. The molecule has 1 amide bonds. The van der Waals surface area contributed by atoms with Crippen LogP contribution in [0.3, 0.4) is 0 Å². The summed E-state index contributed by atoms with van der Waals surface area (Å²) < 4.78 is 5.21. The number of nitrogens with zero attached hydrogens (tertiary/aromatic N) is 1. The number of anilines is 1. The highest BCUT2D eigenvalue weighted by Gasteiger charge is 2.22. The Bertz CT molecular complexity index is 527.